The third kappa shape index (κ3) is 3.31. The van der Waals surface area contributed by atoms with Crippen molar-refractivity contribution in [1.82, 2.24) is 4.90 Å². The van der Waals surface area contributed by atoms with E-state index in [1.807, 2.05) is 38.2 Å². The van der Waals surface area contributed by atoms with Crippen molar-refractivity contribution in [3.05, 3.63) is 34.3 Å². The summed E-state index contributed by atoms with van der Waals surface area (Å²) in [4.78, 5) is 13.7. The Morgan fingerprint density at radius 3 is 2.73 bits per heavy atom. The van der Waals surface area contributed by atoms with Crippen molar-refractivity contribution in [2.75, 3.05) is 12.4 Å². The van der Waals surface area contributed by atoms with Crippen molar-refractivity contribution in [2.45, 2.75) is 13.0 Å². The van der Waals surface area contributed by atoms with E-state index in [0.29, 0.717) is 5.56 Å². The lowest BCUT2D eigenvalue weighted by atomic mass is 10.2. The summed E-state index contributed by atoms with van der Waals surface area (Å²) in [6, 6.07) is 7.62. The van der Waals surface area contributed by atoms with Crippen LogP contribution in [0.15, 0.2) is 28.7 Å². The highest BCUT2D eigenvalue weighted by atomic mass is 79.9. The molecule has 1 aromatic rings. The number of rotatable bonds is 3. The monoisotopic (exact) mass is 333 g/mol. The number of carbonyl (C=O) groups is 1. The van der Waals surface area contributed by atoms with Crippen LogP contribution in [0.25, 0.3) is 0 Å². The highest BCUT2D eigenvalue weighted by molar-refractivity contribution is 9.10. The van der Waals surface area contributed by atoms with Crippen LogP contribution in [0, 0.1) is 0 Å². The highest BCUT2D eigenvalue weighted by Crippen LogP contribution is 2.14. The Bertz CT molecular complexity index is 354. The Labute approximate surface area is 107 Å². The molecule has 0 bridgehead atoms. The molecule has 15 heavy (non-hydrogen) atoms. The standard InChI is InChI=1S/C11H13Br2NO/c1-8(7-12)14(2)11(15)9-4-3-5-10(13)6-9/h3-6,8H,7H2,1-2H3. The van der Waals surface area contributed by atoms with E-state index in [-0.39, 0.29) is 11.9 Å². The molecule has 1 atom stereocenters. The van der Waals surface area contributed by atoms with E-state index in [1.54, 1.807) is 4.90 Å². The average Bonchev–Trinajstić information content (AvgIpc) is 2.26. The van der Waals surface area contributed by atoms with Gasteiger partial charge in [-0.25, -0.2) is 0 Å². The Kier molecular flexibility index (Phi) is 4.80. The largest absolute Gasteiger partial charge is 0.338 e. The van der Waals surface area contributed by atoms with Gasteiger partial charge < -0.3 is 4.90 Å². The fourth-order valence-corrected chi connectivity index (χ4v) is 1.96. The van der Waals surface area contributed by atoms with Crippen LogP contribution in [0.3, 0.4) is 0 Å². The molecular weight excluding hydrogens is 322 g/mol. The van der Waals surface area contributed by atoms with Crippen molar-refractivity contribution in [3.8, 4) is 0 Å². The fourth-order valence-electron chi connectivity index (χ4n) is 1.13. The van der Waals surface area contributed by atoms with Gasteiger partial charge in [-0.2, -0.15) is 0 Å². The SMILES string of the molecule is CC(CBr)N(C)C(=O)c1cccc(Br)c1. The maximum atomic E-state index is 12.0. The molecule has 0 N–H and O–H groups in total. The van der Waals surface area contributed by atoms with Gasteiger partial charge in [0.2, 0.25) is 0 Å². The van der Waals surface area contributed by atoms with E-state index in [1.165, 1.54) is 0 Å². The van der Waals surface area contributed by atoms with Gasteiger partial charge in [0.25, 0.3) is 5.91 Å². The summed E-state index contributed by atoms with van der Waals surface area (Å²) in [6.07, 6.45) is 0. The van der Waals surface area contributed by atoms with Gasteiger partial charge in [0.1, 0.15) is 0 Å². The first-order valence-corrected chi connectivity index (χ1v) is 6.56. The van der Waals surface area contributed by atoms with E-state index in [4.69, 9.17) is 0 Å². The summed E-state index contributed by atoms with van der Waals surface area (Å²) < 4.78 is 0.924. The number of nitrogens with zero attached hydrogens (tertiary/aromatic N) is 1. The molecule has 0 aliphatic carbocycles. The lowest BCUT2D eigenvalue weighted by Crippen LogP contribution is -2.36. The zero-order valence-corrected chi connectivity index (χ0v) is 11.9. The summed E-state index contributed by atoms with van der Waals surface area (Å²) >= 11 is 6.72. The van der Waals surface area contributed by atoms with Gasteiger partial charge in [0.05, 0.1) is 0 Å². The molecule has 0 heterocycles. The molecule has 0 aliphatic heterocycles. The molecule has 1 amide bonds. The second-order valence-electron chi connectivity index (χ2n) is 3.43. The third-order valence-electron chi connectivity index (χ3n) is 2.28. The normalized spacial score (nSPS) is 12.3. The number of alkyl halides is 1. The van der Waals surface area contributed by atoms with Crippen LogP contribution < -0.4 is 0 Å². The summed E-state index contributed by atoms with van der Waals surface area (Å²) in [7, 11) is 1.81. The number of halogens is 2. The number of hydrogen-bond acceptors (Lipinski definition) is 1. The van der Waals surface area contributed by atoms with E-state index >= 15 is 0 Å². The molecule has 0 saturated heterocycles. The van der Waals surface area contributed by atoms with Crippen LogP contribution in [0.4, 0.5) is 0 Å². The summed E-state index contributed by atoms with van der Waals surface area (Å²) in [5, 5.41) is 0.781. The summed E-state index contributed by atoms with van der Waals surface area (Å²) in [6.45, 7) is 2.00. The highest BCUT2D eigenvalue weighted by Gasteiger charge is 2.16. The molecule has 0 saturated carbocycles. The Hall–Kier alpha value is -0.350. The number of hydrogen-bond donors (Lipinski definition) is 0. The molecule has 0 spiro atoms. The van der Waals surface area contributed by atoms with Crippen molar-refractivity contribution >= 4 is 37.8 Å². The van der Waals surface area contributed by atoms with Crippen LogP contribution in [0.5, 0.6) is 0 Å². The van der Waals surface area contributed by atoms with Crippen molar-refractivity contribution in [2.24, 2.45) is 0 Å². The second kappa shape index (κ2) is 5.66. The van der Waals surface area contributed by atoms with Gasteiger partial charge in [-0.05, 0) is 25.1 Å². The van der Waals surface area contributed by atoms with Crippen LogP contribution >= 0.6 is 31.9 Å². The zero-order valence-electron chi connectivity index (χ0n) is 8.71. The van der Waals surface area contributed by atoms with Gasteiger partial charge >= 0.3 is 0 Å². The predicted molar refractivity (Wildman–Crippen MR) is 69.5 cm³/mol. The molecule has 82 valence electrons. The van der Waals surface area contributed by atoms with Gasteiger partial charge in [0.15, 0.2) is 0 Å². The van der Waals surface area contributed by atoms with Crippen LogP contribution in [-0.4, -0.2) is 29.2 Å². The minimum atomic E-state index is 0.0447. The minimum absolute atomic E-state index is 0.0447. The molecule has 1 aromatic carbocycles. The molecule has 0 aliphatic rings. The Balaban J connectivity index is 2.85. The first kappa shape index (κ1) is 12.7. The maximum Gasteiger partial charge on any atom is 0.253 e. The zero-order chi connectivity index (χ0) is 11.4. The third-order valence-corrected chi connectivity index (χ3v) is 3.71. The maximum absolute atomic E-state index is 12.0. The first-order chi connectivity index (χ1) is 7.06. The van der Waals surface area contributed by atoms with E-state index in [2.05, 4.69) is 31.9 Å². The van der Waals surface area contributed by atoms with Gasteiger partial charge in [-0.1, -0.05) is 37.9 Å². The number of carbonyl (C=O) groups excluding carboxylic acids is 1. The molecule has 0 radical (unpaired) electrons. The number of amides is 1. The predicted octanol–water partition coefficient (Wildman–Crippen LogP) is 3.30. The second-order valence-corrected chi connectivity index (χ2v) is 4.99. The molecule has 1 unspecified atom stereocenters. The van der Waals surface area contributed by atoms with Crippen molar-refractivity contribution < 1.29 is 4.79 Å². The first-order valence-electron chi connectivity index (χ1n) is 4.65. The fraction of sp³-hybridized carbons (Fsp3) is 0.364. The van der Waals surface area contributed by atoms with Crippen LogP contribution in [0.2, 0.25) is 0 Å². The van der Waals surface area contributed by atoms with Crippen molar-refractivity contribution in [1.29, 1.82) is 0 Å². The molecular formula is C11H13Br2NO. The van der Waals surface area contributed by atoms with E-state index < -0.39 is 0 Å². The Morgan fingerprint density at radius 2 is 2.20 bits per heavy atom. The van der Waals surface area contributed by atoms with Gasteiger partial charge in [-0.15, -0.1) is 0 Å². The summed E-state index contributed by atoms with van der Waals surface area (Å²) in [5.74, 6) is 0.0447. The van der Waals surface area contributed by atoms with E-state index in [9.17, 15) is 4.79 Å². The lowest BCUT2D eigenvalue weighted by Gasteiger charge is -2.23. The van der Waals surface area contributed by atoms with Crippen LogP contribution in [-0.2, 0) is 0 Å². The van der Waals surface area contributed by atoms with Gasteiger partial charge in [0, 0.05) is 28.5 Å². The smallest absolute Gasteiger partial charge is 0.253 e. The summed E-state index contributed by atoms with van der Waals surface area (Å²) in [5.41, 5.74) is 0.708. The quantitative estimate of drug-likeness (QED) is 0.777. The Morgan fingerprint density at radius 1 is 1.53 bits per heavy atom. The molecule has 0 aromatic heterocycles. The lowest BCUT2D eigenvalue weighted by molar-refractivity contribution is 0.0758. The minimum Gasteiger partial charge on any atom is -0.338 e. The molecule has 4 heteroatoms. The van der Waals surface area contributed by atoms with Crippen LogP contribution in [0.1, 0.15) is 17.3 Å². The van der Waals surface area contributed by atoms with E-state index in [0.717, 1.165) is 9.80 Å². The molecule has 0 fully saturated rings. The number of benzene rings is 1. The van der Waals surface area contributed by atoms with Gasteiger partial charge in [-0.3, -0.25) is 4.79 Å². The topological polar surface area (TPSA) is 20.3 Å². The van der Waals surface area contributed by atoms with Crippen molar-refractivity contribution in [3.63, 3.8) is 0 Å². The molecule has 2 nitrogen and oxygen atoms in total. The average molecular weight is 335 g/mol. The molecule has 1 rings (SSSR count).